The summed E-state index contributed by atoms with van der Waals surface area (Å²) in [6.45, 7) is 0. The van der Waals surface area contributed by atoms with Gasteiger partial charge in [-0.3, -0.25) is 0 Å². The fraction of sp³-hybridized carbons (Fsp3) is 0. The Bertz CT molecular complexity index is 658. The van der Waals surface area contributed by atoms with Crippen molar-refractivity contribution in [2.45, 2.75) is 0 Å². The van der Waals surface area contributed by atoms with Crippen LogP contribution in [-0.2, 0) is 0 Å². The summed E-state index contributed by atoms with van der Waals surface area (Å²) in [5.41, 5.74) is 1.15. The van der Waals surface area contributed by atoms with Crippen molar-refractivity contribution in [2.24, 2.45) is 0 Å². The molecule has 3 aromatic rings. The second-order valence-corrected chi connectivity index (χ2v) is 5.15. The third-order valence-electron chi connectivity index (χ3n) is 2.49. The predicted octanol–water partition coefficient (Wildman–Crippen LogP) is 4.83. The molecule has 5 heteroatoms. The molecule has 18 heavy (non-hydrogen) atoms. The first-order valence-corrected chi connectivity index (χ1v) is 6.50. The fourth-order valence-electron chi connectivity index (χ4n) is 1.65. The minimum absolute atomic E-state index is 0.262. The van der Waals surface area contributed by atoms with Gasteiger partial charge in [-0.05, 0) is 24.3 Å². The van der Waals surface area contributed by atoms with E-state index in [1.54, 1.807) is 12.1 Å². The lowest BCUT2D eigenvalue weighted by atomic mass is 10.3. The van der Waals surface area contributed by atoms with Gasteiger partial charge in [0.15, 0.2) is 5.13 Å². The second kappa shape index (κ2) is 4.55. The number of aromatic nitrogens is 1. The van der Waals surface area contributed by atoms with Crippen molar-refractivity contribution in [2.75, 3.05) is 5.32 Å². The van der Waals surface area contributed by atoms with E-state index in [-0.39, 0.29) is 11.5 Å². The molecule has 0 bridgehead atoms. The third kappa shape index (κ3) is 2.05. The molecule has 0 saturated carbocycles. The summed E-state index contributed by atoms with van der Waals surface area (Å²) >= 11 is 7.41. The molecule has 3 rings (SSSR count). The molecule has 0 aliphatic carbocycles. The molecular weight excluding hydrogens is 271 g/mol. The normalized spacial score (nSPS) is 10.8. The van der Waals surface area contributed by atoms with Gasteiger partial charge in [-0.2, -0.15) is 0 Å². The average Bonchev–Trinajstić information content (AvgIpc) is 2.76. The van der Waals surface area contributed by atoms with Crippen molar-refractivity contribution in [1.82, 2.24) is 4.98 Å². The van der Waals surface area contributed by atoms with Crippen molar-refractivity contribution >= 4 is 44.0 Å². The van der Waals surface area contributed by atoms with Crippen molar-refractivity contribution in [3.63, 3.8) is 0 Å². The monoisotopic (exact) mass is 278 g/mol. The molecule has 2 aromatic carbocycles. The van der Waals surface area contributed by atoms with Gasteiger partial charge in [0.1, 0.15) is 5.82 Å². The lowest BCUT2D eigenvalue weighted by Gasteiger charge is -2.05. The number of benzene rings is 2. The van der Waals surface area contributed by atoms with E-state index in [0.717, 1.165) is 10.2 Å². The number of hydrogen-bond acceptors (Lipinski definition) is 3. The van der Waals surface area contributed by atoms with Crippen LogP contribution in [-0.4, -0.2) is 4.98 Å². The SMILES string of the molecule is Fc1cccc(Cl)c1Nc1nc2ccccc2s1. The summed E-state index contributed by atoms with van der Waals surface area (Å²) < 4.78 is 14.7. The number of nitrogens with zero attached hydrogens (tertiary/aromatic N) is 1. The molecular formula is C13H8ClFN2S. The number of rotatable bonds is 2. The van der Waals surface area contributed by atoms with E-state index in [0.29, 0.717) is 10.2 Å². The van der Waals surface area contributed by atoms with Crippen LogP contribution in [0.25, 0.3) is 10.2 Å². The highest BCUT2D eigenvalue weighted by atomic mass is 35.5. The second-order valence-electron chi connectivity index (χ2n) is 3.71. The smallest absolute Gasteiger partial charge is 0.188 e. The maximum Gasteiger partial charge on any atom is 0.188 e. The number of halogens is 2. The highest BCUT2D eigenvalue weighted by molar-refractivity contribution is 7.22. The Labute approximate surface area is 112 Å². The van der Waals surface area contributed by atoms with Crippen molar-refractivity contribution in [3.05, 3.63) is 53.3 Å². The van der Waals surface area contributed by atoms with Gasteiger partial charge < -0.3 is 5.32 Å². The number of hydrogen-bond donors (Lipinski definition) is 1. The van der Waals surface area contributed by atoms with Crippen LogP contribution >= 0.6 is 22.9 Å². The molecule has 1 aromatic heterocycles. The topological polar surface area (TPSA) is 24.9 Å². The molecule has 0 amide bonds. The highest BCUT2D eigenvalue weighted by Gasteiger charge is 2.09. The first kappa shape index (κ1) is 11.4. The van der Waals surface area contributed by atoms with Crippen molar-refractivity contribution in [3.8, 4) is 0 Å². The number of thiazole rings is 1. The lowest BCUT2D eigenvalue weighted by molar-refractivity contribution is 0.632. The maximum atomic E-state index is 13.6. The van der Waals surface area contributed by atoms with E-state index < -0.39 is 0 Å². The van der Waals surface area contributed by atoms with Crippen LogP contribution in [0.5, 0.6) is 0 Å². The number of nitrogens with one attached hydrogen (secondary N) is 1. The zero-order chi connectivity index (χ0) is 12.5. The first-order chi connectivity index (χ1) is 8.74. The molecule has 0 atom stereocenters. The van der Waals surface area contributed by atoms with Gasteiger partial charge in [-0.15, -0.1) is 0 Å². The standard InChI is InChI=1S/C13H8ClFN2S/c14-8-4-3-5-9(15)12(8)17-13-16-10-6-1-2-7-11(10)18-13/h1-7H,(H,16,17). The van der Waals surface area contributed by atoms with Crippen LogP contribution in [0.15, 0.2) is 42.5 Å². The zero-order valence-corrected chi connectivity index (χ0v) is 10.7. The maximum absolute atomic E-state index is 13.6. The Morgan fingerprint density at radius 3 is 2.72 bits per heavy atom. The highest BCUT2D eigenvalue weighted by Crippen LogP contribution is 2.32. The molecule has 0 aliphatic heterocycles. The van der Waals surface area contributed by atoms with E-state index in [9.17, 15) is 4.39 Å². The Balaban J connectivity index is 2.01. The van der Waals surface area contributed by atoms with Crippen LogP contribution in [0.4, 0.5) is 15.2 Å². The van der Waals surface area contributed by atoms with Crippen LogP contribution in [0.2, 0.25) is 5.02 Å². The summed E-state index contributed by atoms with van der Waals surface area (Å²) in [6.07, 6.45) is 0. The predicted molar refractivity (Wildman–Crippen MR) is 74.3 cm³/mol. The molecule has 0 radical (unpaired) electrons. The first-order valence-electron chi connectivity index (χ1n) is 5.30. The molecule has 0 unspecified atom stereocenters. The van der Waals surface area contributed by atoms with E-state index >= 15 is 0 Å². The summed E-state index contributed by atoms with van der Waals surface area (Å²) in [7, 11) is 0. The summed E-state index contributed by atoms with van der Waals surface area (Å²) in [4.78, 5) is 4.37. The minimum Gasteiger partial charge on any atom is -0.328 e. The van der Waals surface area contributed by atoms with Gasteiger partial charge in [0.2, 0.25) is 0 Å². The van der Waals surface area contributed by atoms with Gasteiger partial charge in [-0.25, -0.2) is 9.37 Å². The summed E-state index contributed by atoms with van der Waals surface area (Å²) in [6, 6.07) is 12.3. The summed E-state index contributed by atoms with van der Waals surface area (Å²) in [5.74, 6) is -0.387. The fourth-order valence-corrected chi connectivity index (χ4v) is 2.73. The van der Waals surface area contributed by atoms with Crippen LogP contribution in [0, 0.1) is 5.82 Å². The Kier molecular flexibility index (Phi) is 2.89. The molecule has 0 aliphatic rings. The molecule has 1 heterocycles. The quantitative estimate of drug-likeness (QED) is 0.726. The van der Waals surface area contributed by atoms with E-state index in [1.807, 2.05) is 24.3 Å². The summed E-state index contributed by atoms with van der Waals surface area (Å²) in [5, 5.41) is 3.90. The molecule has 0 fully saturated rings. The van der Waals surface area contributed by atoms with Gasteiger partial charge in [-0.1, -0.05) is 41.1 Å². The largest absolute Gasteiger partial charge is 0.328 e. The van der Waals surface area contributed by atoms with E-state index in [4.69, 9.17) is 11.6 Å². The van der Waals surface area contributed by atoms with E-state index in [2.05, 4.69) is 10.3 Å². The van der Waals surface area contributed by atoms with E-state index in [1.165, 1.54) is 17.4 Å². The number of fused-ring (bicyclic) bond motifs is 1. The number of anilines is 2. The lowest BCUT2D eigenvalue weighted by Crippen LogP contribution is -1.93. The van der Waals surface area contributed by atoms with Crippen molar-refractivity contribution < 1.29 is 4.39 Å². The van der Waals surface area contributed by atoms with Gasteiger partial charge in [0.05, 0.1) is 20.9 Å². The molecule has 0 spiro atoms. The molecule has 1 N–H and O–H groups in total. The van der Waals surface area contributed by atoms with Gasteiger partial charge in [0.25, 0.3) is 0 Å². The van der Waals surface area contributed by atoms with Gasteiger partial charge in [0, 0.05) is 0 Å². The van der Waals surface area contributed by atoms with Crippen LogP contribution in [0.1, 0.15) is 0 Å². The number of para-hydroxylation sites is 2. The average molecular weight is 279 g/mol. The van der Waals surface area contributed by atoms with Crippen molar-refractivity contribution in [1.29, 1.82) is 0 Å². The molecule has 2 nitrogen and oxygen atoms in total. The Morgan fingerprint density at radius 2 is 1.94 bits per heavy atom. The Hall–Kier alpha value is -1.65. The molecule has 0 saturated heterocycles. The minimum atomic E-state index is -0.387. The zero-order valence-electron chi connectivity index (χ0n) is 9.15. The van der Waals surface area contributed by atoms with Crippen LogP contribution < -0.4 is 5.32 Å². The Morgan fingerprint density at radius 1 is 1.11 bits per heavy atom. The third-order valence-corrected chi connectivity index (χ3v) is 3.76. The van der Waals surface area contributed by atoms with Crippen LogP contribution in [0.3, 0.4) is 0 Å². The van der Waals surface area contributed by atoms with Gasteiger partial charge >= 0.3 is 0 Å². The molecule has 90 valence electrons.